The van der Waals surface area contributed by atoms with Gasteiger partial charge in [0.15, 0.2) is 0 Å². The lowest BCUT2D eigenvalue weighted by atomic mass is 10.2. The third-order valence-electron chi connectivity index (χ3n) is 2.67. The van der Waals surface area contributed by atoms with Crippen molar-refractivity contribution in [2.24, 2.45) is 5.10 Å². The zero-order chi connectivity index (χ0) is 16.1. The van der Waals surface area contributed by atoms with Gasteiger partial charge in [-0.05, 0) is 12.1 Å². The van der Waals surface area contributed by atoms with Crippen molar-refractivity contribution in [1.29, 1.82) is 0 Å². The number of non-ortho nitro benzene ring substituents is 1. The molecule has 0 aliphatic rings. The van der Waals surface area contributed by atoms with Crippen molar-refractivity contribution in [2.75, 3.05) is 0 Å². The summed E-state index contributed by atoms with van der Waals surface area (Å²) in [6.07, 6.45) is 1.34. The first-order valence-electron chi connectivity index (χ1n) is 6.01. The van der Waals surface area contributed by atoms with E-state index >= 15 is 0 Å². The zero-order valence-corrected chi connectivity index (χ0v) is 12.5. The normalized spacial score (nSPS) is 10.6. The number of hydrazone groups is 1. The molecule has 0 unspecified atom stereocenters. The topological polar surface area (TPSA) is 84.6 Å². The largest absolute Gasteiger partial charge is 0.271 e. The van der Waals surface area contributed by atoms with Gasteiger partial charge in [0.1, 0.15) is 0 Å². The van der Waals surface area contributed by atoms with Gasteiger partial charge >= 0.3 is 0 Å². The summed E-state index contributed by atoms with van der Waals surface area (Å²) >= 11 is 11.8. The van der Waals surface area contributed by atoms with Gasteiger partial charge in [0.05, 0.1) is 21.2 Å². The van der Waals surface area contributed by atoms with Crippen molar-refractivity contribution in [3.63, 3.8) is 0 Å². The van der Waals surface area contributed by atoms with E-state index in [0.717, 1.165) is 6.07 Å². The molecular formula is C14H9Cl2N3O3. The number of halogens is 2. The van der Waals surface area contributed by atoms with Gasteiger partial charge in [0, 0.05) is 23.3 Å². The Hall–Kier alpha value is -2.44. The summed E-state index contributed by atoms with van der Waals surface area (Å²) in [6, 6.07) is 10.3. The maximum Gasteiger partial charge on any atom is 0.271 e. The Labute approximate surface area is 135 Å². The van der Waals surface area contributed by atoms with Crippen LogP contribution in [0.4, 0.5) is 5.69 Å². The van der Waals surface area contributed by atoms with Crippen LogP contribution in [0.15, 0.2) is 47.6 Å². The van der Waals surface area contributed by atoms with E-state index in [9.17, 15) is 14.9 Å². The van der Waals surface area contributed by atoms with Crippen molar-refractivity contribution in [1.82, 2.24) is 5.43 Å². The molecule has 1 amide bonds. The summed E-state index contributed by atoms with van der Waals surface area (Å²) in [5.74, 6) is -0.571. The van der Waals surface area contributed by atoms with Crippen LogP contribution in [0.1, 0.15) is 15.9 Å². The molecule has 0 spiro atoms. The van der Waals surface area contributed by atoms with E-state index < -0.39 is 10.8 Å². The third kappa shape index (κ3) is 3.81. The number of carbonyl (C=O) groups excluding carboxylic acids is 1. The predicted octanol–water partition coefficient (Wildman–Crippen LogP) is 3.67. The highest BCUT2D eigenvalue weighted by atomic mass is 35.5. The summed E-state index contributed by atoms with van der Waals surface area (Å²) in [5.41, 5.74) is 2.76. The van der Waals surface area contributed by atoms with Gasteiger partial charge in [-0.2, -0.15) is 5.10 Å². The number of hydrogen-bond donors (Lipinski definition) is 1. The molecule has 0 aromatic heterocycles. The highest BCUT2D eigenvalue weighted by Gasteiger charge is 2.10. The molecule has 2 rings (SSSR count). The minimum atomic E-state index is -0.578. The molecule has 112 valence electrons. The van der Waals surface area contributed by atoms with E-state index in [2.05, 4.69) is 10.5 Å². The van der Waals surface area contributed by atoms with Gasteiger partial charge in [-0.3, -0.25) is 14.9 Å². The van der Waals surface area contributed by atoms with Gasteiger partial charge in [-0.15, -0.1) is 0 Å². The Morgan fingerprint density at radius 2 is 1.95 bits per heavy atom. The molecule has 0 atom stereocenters. The van der Waals surface area contributed by atoms with Crippen molar-refractivity contribution >= 4 is 41.0 Å². The molecule has 0 bridgehead atoms. The summed E-state index contributed by atoms with van der Waals surface area (Å²) < 4.78 is 0. The summed E-state index contributed by atoms with van der Waals surface area (Å²) in [6.45, 7) is 0. The molecule has 6 nitrogen and oxygen atoms in total. The van der Waals surface area contributed by atoms with Crippen molar-refractivity contribution in [3.8, 4) is 0 Å². The minimum absolute atomic E-state index is 0.128. The van der Waals surface area contributed by atoms with E-state index in [1.165, 1.54) is 24.4 Å². The second-order valence-electron chi connectivity index (χ2n) is 4.15. The van der Waals surface area contributed by atoms with Gasteiger partial charge in [-0.1, -0.05) is 41.4 Å². The van der Waals surface area contributed by atoms with E-state index in [4.69, 9.17) is 23.2 Å². The predicted molar refractivity (Wildman–Crippen MR) is 84.6 cm³/mol. The fourth-order valence-corrected chi connectivity index (χ4v) is 1.96. The molecule has 8 heteroatoms. The van der Waals surface area contributed by atoms with Crippen LogP contribution in [0.5, 0.6) is 0 Å². The SMILES string of the molecule is O=C(N/N=C\c1cccc(Cl)c1Cl)c1cccc([N+](=O)[O-])c1. The summed E-state index contributed by atoms with van der Waals surface area (Å²) in [5, 5.41) is 15.1. The van der Waals surface area contributed by atoms with Crippen molar-refractivity contribution in [2.45, 2.75) is 0 Å². The Morgan fingerprint density at radius 3 is 2.68 bits per heavy atom. The van der Waals surface area contributed by atoms with E-state index in [1.807, 2.05) is 0 Å². The van der Waals surface area contributed by atoms with E-state index in [0.29, 0.717) is 15.6 Å². The van der Waals surface area contributed by atoms with Crippen molar-refractivity contribution < 1.29 is 9.72 Å². The zero-order valence-electron chi connectivity index (χ0n) is 11.0. The molecule has 0 saturated heterocycles. The number of rotatable bonds is 4. The van der Waals surface area contributed by atoms with Crippen LogP contribution in [-0.2, 0) is 0 Å². The number of carbonyl (C=O) groups is 1. The Balaban J connectivity index is 2.09. The monoisotopic (exact) mass is 337 g/mol. The van der Waals surface area contributed by atoms with Crippen LogP contribution in [0.3, 0.4) is 0 Å². The maximum absolute atomic E-state index is 11.9. The van der Waals surface area contributed by atoms with Crippen LogP contribution < -0.4 is 5.43 Å². The average molecular weight is 338 g/mol. The average Bonchev–Trinajstić information content (AvgIpc) is 2.51. The lowest BCUT2D eigenvalue weighted by molar-refractivity contribution is -0.384. The first-order chi connectivity index (χ1) is 10.5. The highest BCUT2D eigenvalue weighted by molar-refractivity contribution is 6.43. The molecule has 22 heavy (non-hydrogen) atoms. The van der Waals surface area contributed by atoms with E-state index in [1.54, 1.807) is 18.2 Å². The Morgan fingerprint density at radius 1 is 1.23 bits per heavy atom. The summed E-state index contributed by atoms with van der Waals surface area (Å²) in [4.78, 5) is 21.9. The second-order valence-corrected chi connectivity index (χ2v) is 4.93. The fraction of sp³-hybridized carbons (Fsp3) is 0. The molecule has 2 aromatic carbocycles. The number of hydrogen-bond acceptors (Lipinski definition) is 4. The molecule has 0 radical (unpaired) electrons. The van der Waals surface area contributed by atoms with Crippen LogP contribution in [0.2, 0.25) is 10.0 Å². The first kappa shape index (κ1) is 15.9. The smallest absolute Gasteiger partial charge is 0.267 e. The lowest BCUT2D eigenvalue weighted by Crippen LogP contribution is -2.17. The lowest BCUT2D eigenvalue weighted by Gasteiger charge is -2.01. The second kappa shape index (κ2) is 7.02. The molecule has 1 N–H and O–H groups in total. The van der Waals surface area contributed by atoms with Gasteiger partial charge < -0.3 is 0 Å². The number of amides is 1. The van der Waals surface area contributed by atoms with E-state index in [-0.39, 0.29) is 11.3 Å². The molecule has 0 saturated carbocycles. The van der Waals surface area contributed by atoms with Crippen LogP contribution in [0.25, 0.3) is 0 Å². The molecule has 2 aromatic rings. The van der Waals surface area contributed by atoms with Crippen LogP contribution in [-0.4, -0.2) is 17.0 Å². The fourth-order valence-electron chi connectivity index (χ4n) is 1.61. The third-order valence-corrected chi connectivity index (χ3v) is 3.50. The molecule has 0 aliphatic carbocycles. The molecule has 0 aliphatic heterocycles. The minimum Gasteiger partial charge on any atom is -0.267 e. The number of nitro groups is 1. The molecule has 0 fully saturated rings. The maximum atomic E-state index is 11.9. The molecular weight excluding hydrogens is 329 g/mol. The van der Waals surface area contributed by atoms with Gasteiger partial charge in [0.25, 0.3) is 11.6 Å². The standard InChI is InChI=1S/C14H9Cl2N3O3/c15-12-6-2-4-10(13(12)16)8-17-18-14(20)9-3-1-5-11(7-9)19(21)22/h1-8H,(H,18,20)/b17-8-. The van der Waals surface area contributed by atoms with Crippen LogP contribution >= 0.6 is 23.2 Å². The number of nitrogens with zero attached hydrogens (tertiary/aromatic N) is 2. The highest BCUT2D eigenvalue weighted by Crippen LogP contribution is 2.24. The first-order valence-corrected chi connectivity index (χ1v) is 6.76. The molecule has 0 heterocycles. The Kier molecular flexibility index (Phi) is 5.08. The summed E-state index contributed by atoms with van der Waals surface area (Å²) in [7, 11) is 0. The van der Waals surface area contributed by atoms with Crippen molar-refractivity contribution in [3.05, 3.63) is 73.8 Å². The Bertz CT molecular complexity index is 763. The van der Waals surface area contributed by atoms with Gasteiger partial charge in [-0.25, -0.2) is 5.43 Å². The number of nitrogens with one attached hydrogen (secondary N) is 1. The van der Waals surface area contributed by atoms with Gasteiger partial charge in [0.2, 0.25) is 0 Å². The number of benzene rings is 2. The quantitative estimate of drug-likeness (QED) is 0.524. The van der Waals surface area contributed by atoms with Crippen LogP contribution in [0, 0.1) is 10.1 Å². The number of nitro benzene ring substituents is 1.